The number of hydrogen-bond acceptors (Lipinski definition) is 3. The SMILES string of the molecule is C=C(C#N)C=CC=CC1CCCN1C(=O)OC(C)(C)C. The molecule has 20 heavy (non-hydrogen) atoms. The number of ether oxygens (including phenoxy) is 1. The van der Waals surface area contributed by atoms with Crippen LogP contribution in [0.5, 0.6) is 0 Å². The van der Waals surface area contributed by atoms with Crippen molar-refractivity contribution in [3.05, 3.63) is 36.5 Å². The average Bonchev–Trinajstić information content (AvgIpc) is 2.80. The minimum absolute atomic E-state index is 0.0600. The molecule has 0 saturated carbocycles. The lowest BCUT2D eigenvalue weighted by atomic mass is 10.2. The molecule has 1 fully saturated rings. The predicted octanol–water partition coefficient (Wildman–Crippen LogP) is 3.58. The number of likely N-dealkylation sites (tertiary alicyclic amines) is 1. The van der Waals surface area contributed by atoms with Crippen molar-refractivity contribution in [2.75, 3.05) is 6.54 Å². The van der Waals surface area contributed by atoms with Gasteiger partial charge in [-0.1, -0.05) is 24.8 Å². The van der Waals surface area contributed by atoms with E-state index in [0.717, 1.165) is 19.4 Å². The summed E-state index contributed by atoms with van der Waals surface area (Å²) >= 11 is 0. The lowest BCUT2D eigenvalue weighted by molar-refractivity contribution is 0.0256. The average molecular weight is 274 g/mol. The van der Waals surface area contributed by atoms with Crippen LogP contribution >= 0.6 is 0 Å². The van der Waals surface area contributed by atoms with Gasteiger partial charge in [-0.15, -0.1) is 0 Å². The van der Waals surface area contributed by atoms with Gasteiger partial charge in [-0.2, -0.15) is 5.26 Å². The molecule has 0 aromatic heterocycles. The van der Waals surface area contributed by atoms with Crippen molar-refractivity contribution in [1.82, 2.24) is 4.90 Å². The molecule has 1 aliphatic heterocycles. The van der Waals surface area contributed by atoms with E-state index in [2.05, 4.69) is 6.58 Å². The van der Waals surface area contributed by atoms with Crippen LogP contribution in [0, 0.1) is 11.3 Å². The Morgan fingerprint density at radius 3 is 2.75 bits per heavy atom. The Labute approximate surface area is 121 Å². The fourth-order valence-electron chi connectivity index (χ4n) is 1.94. The van der Waals surface area contributed by atoms with Crippen molar-refractivity contribution in [1.29, 1.82) is 5.26 Å². The molecule has 0 aliphatic carbocycles. The van der Waals surface area contributed by atoms with Crippen molar-refractivity contribution in [2.45, 2.75) is 45.3 Å². The van der Waals surface area contributed by atoms with Crippen LogP contribution in [0.15, 0.2) is 36.5 Å². The van der Waals surface area contributed by atoms with Gasteiger partial charge in [0.1, 0.15) is 5.60 Å². The van der Waals surface area contributed by atoms with Gasteiger partial charge in [0.25, 0.3) is 0 Å². The van der Waals surface area contributed by atoms with Crippen LogP contribution in [0.25, 0.3) is 0 Å². The van der Waals surface area contributed by atoms with Gasteiger partial charge in [0, 0.05) is 12.1 Å². The molecule has 0 aromatic rings. The van der Waals surface area contributed by atoms with Crippen LogP contribution in [-0.2, 0) is 4.74 Å². The molecule has 1 aliphatic rings. The highest BCUT2D eigenvalue weighted by Gasteiger charge is 2.30. The number of nitrogens with zero attached hydrogens (tertiary/aromatic N) is 2. The summed E-state index contributed by atoms with van der Waals surface area (Å²) < 4.78 is 5.39. The van der Waals surface area contributed by atoms with Crippen molar-refractivity contribution in [3.8, 4) is 6.07 Å². The summed E-state index contributed by atoms with van der Waals surface area (Å²) in [5.74, 6) is 0. The van der Waals surface area contributed by atoms with E-state index in [9.17, 15) is 4.79 Å². The topological polar surface area (TPSA) is 53.3 Å². The molecule has 1 rings (SSSR count). The minimum Gasteiger partial charge on any atom is -0.444 e. The van der Waals surface area contributed by atoms with Crippen LogP contribution in [0.4, 0.5) is 4.79 Å². The van der Waals surface area contributed by atoms with Crippen LogP contribution < -0.4 is 0 Å². The molecule has 0 N–H and O–H groups in total. The second kappa shape index (κ2) is 6.95. The smallest absolute Gasteiger partial charge is 0.410 e. The molecular formula is C16H22N2O2. The van der Waals surface area contributed by atoms with E-state index in [-0.39, 0.29) is 12.1 Å². The fourth-order valence-corrected chi connectivity index (χ4v) is 1.94. The van der Waals surface area contributed by atoms with E-state index in [4.69, 9.17) is 10.00 Å². The summed E-state index contributed by atoms with van der Waals surface area (Å²) in [6.45, 7) is 9.87. The summed E-state index contributed by atoms with van der Waals surface area (Å²) in [7, 11) is 0. The van der Waals surface area contributed by atoms with E-state index >= 15 is 0 Å². The van der Waals surface area contributed by atoms with E-state index in [1.807, 2.05) is 39.0 Å². The third-order valence-corrected chi connectivity index (χ3v) is 2.81. The number of allylic oxidation sites excluding steroid dienone is 4. The molecule has 0 bridgehead atoms. The molecule has 0 spiro atoms. The molecule has 1 saturated heterocycles. The lowest BCUT2D eigenvalue weighted by Gasteiger charge is -2.27. The largest absolute Gasteiger partial charge is 0.444 e. The van der Waals surface area contributed by atoms with Crippen LogP contribution in [0.2, 0.25) is 0 Å². The number of rotatable bonds is 3. The van der Waals surface area contributed by atoms with Crippen LogP contribution in [-0.4, -0.2) is 29.2 Å². The third kappa shape index (κ3) is 5.31. The van der Waals surface area contributed by atoms with E-state index in [1.54, 1.807) is 17.1 Å². The second-order valence-corrected chi connectivity index (χ2v) is 5.76. The van der Waals surface area contributed by atoms with Crippen molar-refractivity contribution < 1.29 is 9.53 Å². The lowest BCUT2D eigenvalue weighted by Crippen LogP contribution is -2.39. The molecule has 1 amide bonds. The number of nitriles is 1. The van der Waals surface area contributed by atoms with Crippen molar-refractivity contribution >= 4 is 6.09 Å². The van der Waals surface area contributed by atoms with Gasteiger partial charge in [-0.3, -0.25) is 0 Å². The minimum atomic E-state index is -0.474. The molecule has 0 radical (unpaired) electrons. The maximum atomic E-state index is 12.1. The Morgan fingerprint density at radius 2 is 2.15 bits per heavy atom. The summed E-state index contributed by atoms with van der Waals surface area (Å²) in [5.41, 5.74) is -0.0664. The number of hydrogen-bond donors (Lipinski definition) is 0. The Bertz CT molecular complexity index is 464. The Hall–Kier alpha value is -2.02. The maximum absolute atomic E-state index is 12.1. The zero-order chi connectivity index (χ0) is 15.2. The van der Waals surface area contributed by atoms with E-state index in [1.165, 1.54) is 0 Å². The molecular weight excluding hydrogens is 252 g/mol. The number of carbonyl (C=O) groups excluding carboxylic acids is 1. The van der Waals surface area contributed by atoms with Gasteiger partial charge in [0.15, 0.2) is 0 Å². The molecule has 0 aromatic carbocycles. The number of amides is 1. The third-order valence-electron chi connectivity index (χ3n) is 2.81. The molecule has 1 unspecified atom stereocenters. The summed E-state index contributed by atoms with van der Waals surface area (Å²) in [6.07, 6.45) is 8.84. The number of carbonyl (C=O) groups is 1. The zero-order valence-electron chi connectivity index (χ0n) is 12.4. The first kappa shape index (κ1) is 16.0. The van der Waals surface area contributed by atoms with Gasteiger partial charge in [0.2, 0.25) is 0 Å². The summed E-state index contributed by atoms with van der Waals surface area (Å²) in [4.78, 5) is 13.8. The van der Waals surface area contributed by atoms with E-state index < -0.39 is 5.60 Å². The van der Waals surface area contributed by atoms with Gasteiger partial charge in [-0.05, 0) is 39.7 Å². The second-order valence-electron chi connectivity index (χ2n) is 5.76. The standard InChI is InChI=1S/C16H22N2O2/c1-13(12-17)8-5-6-9-14-10-7-11-18(14)15(19)20-16(2,3)4/h5-6,8-9,14H,1,7,10-11H2,2-4H3. The Morgan fingerprint density at radius 1 is 1.45 bits per heavy atom. The summed E-state index contributed by atoms with van der Waals surface area (Å²) in [5, 5.41) is 8.57. The monoisotopic (exact) mass is 274 g/mol. The predicted molar refractivity (Wildman–Crippen MR) is 79.0 cm³/mol. The summed E-state index contributed by atoms with van der Waals surface area (Å²) in [6, 6.07) is 2.01. The highest BCUT2D eigenvalue weighted by atomic mass is 16.6. The molecule has 4 heteroatoms. The first-order valence-corrected chi connectivity index (χ1v) is 6.77. The highest BCUT2D eigenvalue weighted by Crippen LogP contribution is 2.21. The maximum Gasteiger partial charge on any atom is 0.410 e. The Kier molecular flexibility index (Phi) is 5.57. The van der Waals surface area contributed by atoms with Gasteiger partial charge >= 0.3 is 6.09 Å². The van der Waals surface area contributed by atoms with Crippen LogP contribution in [0.1, 0.15) is 33.6 Å². The highest BCUT2D eigenvalue weighted by molar-refractivity contribution is 5.69. The quantitative estimate of drug-likeness (QED) is 0.584. The molecule has 4 nitrogen and oxygen atoms in total. The fraction of sp³-hybridized carbons (Fsp3) is 0.500. The zero-order valence-corrected chi connectivity index (χ0v) is 12.4. The molecule has 1 heterocycles. The van der Waals surface area contributed by atoms with Crippen LogP contribution in [0.3, 0.4) is 0 Å². The molecule has 1 atom stereocenters. The molecule has 108 valence electrons. The first-order valence-electron chi connectivity index (χ1n) is 6.77. The Balaban J connectivity index is 2.60. The van der Waals surface area contributed by atoms with Crippen molar-refractivity contribution in [2.24, 2.45) is 0 Å². The van der Waals surface area contributed by atoms with Crippen molar-refractivity contribution in [3.63, 3.8) is 0 Å². The normalized spacial score (nSPS) is 19.5. The first-order chi connectivity index (χ1) is 9.33. The van der Waals surface area contributed by atoms with Gasteiger partial charge in [0.05, 0.1) is 12.1 Å². The van der Waals surface area contributed by atoms with Gasteiger partial charge in [-0.25, -0.2) is 4.79 Å². The van der Waals surface area contributed by atoms with E-state index in [0.29, 0.717) is 5.57 Å². The van der Waals surface area contributed by atoms with Gasteiger partial charge < -0.3 is 9.64 Å².